The van der Waals surface area contributed by atoms with Gasteiger partial charge in [0.2, 0.25) is 0 Å². The molecule has 1 rings (SSSR count). The molecular weight excluding hydrogens is 186 g/mol. The Morgan fingerprint density at radius 2 is 2.00 bits per heavy atom. The van der Waals surface area contributed by atoms with E-state index in [-0.39, 0.29) is 0 Å². The first-order chi connectivity index (χ1) is 5.16. The van der Waals surface area contributed by atoms with Gasteiger partial charge in [-0.1, -0.05) is 29.3 Å². The zero-order valence-corrected chi connectivity index (χ0v) is 7.51. The molecule has 3 heteroatoms. The van der Waals surface area contributed by atoms with Gasteiger partial charge in [0.05, 0.1) is 10.0 Å². The normalized spacial score (nSPS) is 10.2. The zero-order chi connectivity index (χ0) is 8.43. The first-order valence-electron chi connectivity index (χ1n) is 3.16. The predicted molar refractivity (Wildman–Crippen MR) is 46.0 cm³/mol. The van der Waals surface area contributed by atoms with E-state index in [1.165, 1.54) is 0 Å². The van der Waals surface area contributed by atoms with Crippen molar-refractivity contribution in [3.8, 4) is 0 Å². The van der Waals surface area contributed by atoms with E-state index in [4.69, 9.17) is 23.2 Å². The Morgan fingerprint density at radius 3 is 2.45 bits per heavy atom. The highest BCUT2D eigenvalue weighted by Gasteiger charge is 2.06. The third kappa shape index (κ3) is 1.66. The number of hydrogen-bond acceptors (Lipinski definition) is 0. The van der Waals surface area contributed by atoms with Gasteiger partial charge in [-0.3, -0.25) is 0 Å². The molecule has 0 aromatic heterocycles. The summed E-state index contributed by atoms with van der Waals surface area (Å²) in [5.74, 6) is 0. The molecule has 0 aliphatic rings. The van der Waals surface area contributed by atoms with E-state index in [1.54, 1.807) is 19.1 Å². The SMILES string of the molecule is Cc1ccc(Cl)c(Cl)c1CF. The van der Waals surface area contributed by atoms with E-state index < -0.39 is 6.67 Å². The molecule has 0 unspecified atom stereocenters. The fourth-order valence-electron chi connectivity index (χ4n) is 0.853. The monoisotopic (exact) mass is 192 g/mol. The number of aryl methyl sites for hydroxylation is 1. The van der Waals surface area contributed by atoms with Crippen LogP contribution in [0.5, 0.6) is 0 Å². The minimum Gasteiger partial charge on any atom is -0.246 e. The summed E-state index contributed by atoms with van der Waals surface area (Å²) in [6.07, 6.45) is 0. The van der Waals surface area contributed by atoms with Crippen LogP contribution in [0.25, 0.3) is 0 Å². The van der Waals surface area contributed by atoms with Crippen LogP contribution in [0.2, 0.25) is 10.0 Å². The van der Waals surface area contributed by atoms with Crippen LogP contribution in [-0.4, -0.2) is 0 Å². The zero-order valence-electron chi connectivity index (χ0n) is 6.00. The quantitative estimate of drug-likeness (QED) is 0.636. The molecule has 0 radical (unpaired) electrons. The van der Waals surface area contributed by atoms with Gasteiger partial charge < -0.3 is 0 Å². The molecule has 0 nitrogen and oxygen atoms in total. The van der Waals surface area contributed by atoms with Gasteiger partial charge in [0, 0.05) is 5.56 Å². The van der Waals surface area contributed by atoms with Crippen LogP contribution in [-0.2, 0) is 6.67 Å². The molecule has 0 N–H and O–H groups in total. The van der Waals surface area contributed by atoms with E-state index in [0.717, 1.165) is 5.56 Å². The Bertz CT molecular complexity index is 271. The lowest BCUT2D eigenvalue weighted by atomic mass is 10.1. The van der Waals surface area contributed by atoms with E-state index in [0.29, 0.717) is 15.6 Å². The van der Waals surface area contributed by atoms with Crippen LogP contribution >= 0.6 is 23.2 Å². The van der Waals surface area contributed by atoms with Crippen LogP contribution in [0.15, 0.2) is 12.1 Å². The van der Waals surface area contributed by atoms with Gasteiger partial charge in [0.25, 0.3) is 0 Å². The van der Waals surface area contributed by atoms with Gasteiger partial charge >= 0.3 is 0 Å². The molecule has 0 fully saturated rings. The molecule has 11 heavy (non-hydrogen) atoms. The number of alkyl halides is 1. The van der Waals surface area contributed by atoms with E-state index in [9.17, 15) is 4.39 Å². The second-order valence-electron chi connectivity index (χ2n) is 2.29. The van der Waals surface area contributed by atoms with Crippen molar-refractivity contribution in [3.63, 3.8) is 0 Å². The minimum absolute atomic E-state index is 0.328. The third-order valence-corrected chi connectivity index (χ3v) is 2.41. The lowest BCUT2D eigenvalue weighted by Gasteiger charge is -2.04. The summed E-state index contributed by atoms with van der Waals surface area (Å²) in [4.78, 5) is 0. The van der Waals surface area contributed by atoms with Crippen molar-refractivity contribution >= 4 is 23.2 Å². The highest BCUT2D eigenvalue weighted by Crippen LogP contribution is 2.28. The van der Waals surface area contributed by atoms with Crippen molar-refractivity contribution in [1.82, 2.24) is 0 Å². The first-order valence-corrected chi connectivity index (χ1v) is 3.92. The molecule has 0 amide bonds. The molecule has 60 valence electrons. The van der Waals surface area contributed by atoms with Crippen molar-refractivity contribution in [2.75, 3.05) is 0 Å². The Labute approximate surface area is 74.9 Å². The lowest BCUT2D eigenvalue weighted by Crippen LogP contribution is -1.86. The topological polar surface area (TPSA) is 0 Å². The third-order valence-electron chi connectivity index (χ3n) is 1.56. The molecule has 0 heterocycles. The predicted octanol–water partition coefficient (Wildman–Crippen LogP) is 3.77. The van der Waals surface area contributed by atoms with Gasteiger partial charge in [0.15, 0.2) is 0 Å². The number of hydrogen-bond donors (Lipinski definition) is 0. The molecule has 0 atom stereocenters. The fraction of sp³-hybridized carbons (Fsp3) is 0.250. The van der Waals surface area contributed by atoms with Crippen LogP contribution in [0.4, 0.5) is 4.39 Å². The Balaban J connectivity index is 3.29. The van der Waals surface area contributed by atoms with Crippen LogP contribution < -0.4 is 0 Å². The summed E-state index contributed by atoms with van der Waals surface area (Å²) in [5, 5.41) is 0.735. The van der Waals surface area contributed by atoms with Gasteiger partial charge in [-0.05, 0) is 18.6 Å². The second kappa shape index (κ2) is 3.42. The molecule has 0 saturated carbocycles. The standard InChI is InChI=1S/C8H7Cl2F/c1-5-2-3-7(9)8(10)6(5)4-11/h2-3H,4H2,1H3. The van der Waals surface area contributed by atoms with E-state index in [2.05, 4.69) is 0 Å². The molecule has 0 saturated heterocycles. The average molecular weight is 193 g/mol. The van der Waals surface area contributed by atoms with Crippen molar-refractivity contribution in [1.29, 1.82) is 0 Å². The minimum atomic E-state index is -0.564. The highest BCUT2D eigenvalue weighted by atomic mass is 35.5. The van der Waals surface area contributed by atoms with E-state index in [1.807, 2.05) is 0 Å². The smallest absolute Gasteiger partial charge is 0.116 e. The summed E-state index contributed by atoms with van der Waals surface area (Å²) in [5.41, 5.74) is 1.32. The molecule has 0 bridgehead atoms. The summed E-state index contributed by atoms with van der Waals surface area (Å²) < 4.78 is 12.3. The number of benzene rings is 1. The van der Waals surface area contributed by atoms with Crippen molar-refractivity contribution < 1.29 is 4.39 Å². The molecule has 1 aromatic carbocycles. The first kappa shape index (κ1) is 8.82. The maximum Gasteiger partial charge on any atom is 0.116 e. The van der Waals surface area contributed by atoms with Gasteiger partial charge in [-0.15, -0.1) is 0 Å². The summed E-state index contributed by atoms with van der Waals surface area (Å²) in [6.45, 7) is 1.24. The number of rotatable bonds is 1. The summed E-state index contributed by atoms with van der Waals surface area (Å²) in [7, 11) is 0. The lowest BCUT2D eigenvalue weighted by molar-refractivity contribution is 0.484. The summed E-state index contributed by atoms with van der Waals surface area (Å²) in [6, 6.07) is 3.42. The highest BCUT2D eigenvalue weighted by molar-refractivity contribution is 6.42. The van der Waals surface area contributed by atoms with E-state index >= 15 is 0 Å². The Kier molecular flexibility index (Phi) is 2.74. The van der Waals surface area contributed by atoms with Gasteiger partial charge in [0.1, 0.15) is 6.67 Å². The summed E-state index contributed by atoms with van der Waals surface area (Å²) >= 11 is 11.4. The molecule has 0 aliphatic heterocycles. The molecule has 1 aromatic rings. The Morgan fingerprint density at radius 1 is 1.36 bits per heavy atom. The van der Waals surface area contributed by atoms with Crippen LogP contribution in [0.1, 0.15) is 11.1 Å². The average Bonchev–Trinajstić information content (AvgIpc) is 1.99. The Hall–Kier alpha value is -0.270. The number of halogens is 3. The van der Waals surface area contributed by atoms with Gasteiger partial charge in [-0.25, -0.2) is 4.39 Å². The van der Waals surface area contributed by atoms with Crippen molar-refractivity contribution in [3.05, 3.63) is 33.3 Å². The van der Waals surface area contributed by atoms with Gasteiger partial charge in [-0.2, -0.15) is 0 Å². The molecule has 0 spiro atoms. The van der Waals surface area contributed by atoms with Crippen molar-refractivity contribution in [2.45, 2.75) is 13.6 Å². The van der Waals surface area contributed by atoms with Crippen molar-refractivity contribution in [2.24, 2.45) is 0 Å². The largest absolute Gasteiger partial charge is 0.246 e. The maximum absolute atomic E-state index is 12.3. The maximum atomic E-state index is 12.3. The fourth-order valence-corrected chi connectivity index (χ4v) is 1.29. The van der Waals surface area contributed by atoms with Crippen LogP contribution in [0.3, 0.4) is 0 Å². The second-order valence-corrected chi connectivity index (χ2v) is 3.08. The molecule has 0 aliphatic carbocycles. The van der Waals surface area contributed by atoms with Crippen LogP contribution in [0, 0.1) is 6.92 Å². The molecular formula is C8H7Cl2F.